The van der Waals surface area contributed by atoms with E-state index in [0.717, 1.165) is 13.0 Å². The number of aliphatic hydroxyl groups excluding tert-OH is 1. The van der Waals surface area contributed by atoms with Crippen LogP contribution in [0.2, 0.25) is 0 Å². The molecule has 2 rings (SSSR count). The van der Waals surface area contributed by atoms with Gasteiger partial charge in [-0.3, -0.25) is 9.69 Å². The third kappa shape index (κ3) is 4.27. The molecule has 0 aromatic heterocycles. The molecule has 0 bridgehead atoms. The Morgan fingerprint density at radius 3 is 2.78 bits per heavy atom. The van der Waals surface area contributed by atoms with Crippen LogP contribution in [0.15, 0.2) is 24.3 Å². The van der Waals surface area contributed by atoms with Crippen molar-refractivity contribution in [3.63, 3.8) is 0 Å². The number of nitriles is 1. The molecule has 1 aliphatic heterocycles. The summed E-state index contributed by atoms with van der Waals surface area (Å²) in [6.45, 7) is 3.72. The highest BCUT2D eigenvalue weighted by Crippen LogP contribution is 2.22. The lowest BCUT2D eigenvalue weighted by Gasteiger charge is -2.30. The summed E-state index contributed by atoms with van der Waals surface area (Å²) in [4.78, 5) is 16.4. The molecule has 1 aliphatic rings. The number of halogens is 1. The highest BCUT2D eigenvalue weighted by atomic mass is 19.1. The predicted molar refractivity (Wildman–Crippen MR) is 85.2 cm³/mol. The van der Waals surface area contributed by atoms with Gasteiger partial charge in [-0.25, -0.2) is 4.39 Å². The van der Waals surface area contributed by atoms with Crippen molar-refractivity contribution in [3.05, 3.63) is 30.1 Å². The molecule has 1 N–H and O–H groups in total. The third-order valence-electron chi connectivity index (χ3n) is 4.33. The third-order valence-corrected chi connectivity index (χ3v) is 4.33. The van der Waals surface area contributed by atoms with Gasteiger partial charge in [0, 0.05) is 25.4 Å². The molecule has 1 heterocycles. The van der Waals surface area contributed by atoms with Gasteiger partial charge in [0.25, 0.3) is 0 Å². The van der Waals surface area contributed by atoms with E-state index >= 15 is 0 Å². The van der Waals surface area contributed by atoms with Crippen molar-refractivity contribution in [2.24, 2.45) is 5.92 Å². The van der Waals surface area contributed by atoms with Gasteiger partial charge < -0.3 is 10.0 Å². The fourth-order valence-electron chi connectivity index (χ4n) is 2.89. The molecule has 0 aliphatic carbocycles. The number of hydrogen-bond donors (Lipinski definition) is 1. The number of benzene rings is 1. The van der Waals surface area contributed by atoms with Crippen molar-refractivity contribution in [3.8, 4) is 6.07 Å². The molecular formula is C17H22FN3O2. The van der Waals surface area contributed by atoms with Gasteiger partial charge in [-0.15, -0.1) is 0 Å². The number of carbonyl (C=O) groups excluding carboxylic acids is 1. The molecule has 2 atom stereocenters. The van der Waals surface area contributed by atoms with Gasteiger partial charge >= 0.3 is 0 Å². The van der Waals surface area contributed by atoms with Gasteiger partial charge in [0.05, 0.1) is 18.5 Å². The summed E-state index contributed by atoms with van der Waals surface area (Å²) in [7, 11) is 0. The van der Waals surface area contributed by atoms with Crippen molar-refractivity contribution in [1.29, 1.82) is 5.26 Å². The molecule has 6 heteroatoms. The summed E-state index contributed by atoms with van der Waals surface area (Å²) in [5, 5.41) is 18.1. The fourth-order valence-corrected chi connectivity index (χ4v) is 2.89. The molecule has 1 saturated heterocycles. The molecule has 1 aromatic carbocycles. The second-order valence-corrected chi connectivity index (χ2v) is 5.88. The number of likely N-dealkylation sites (tertiary alicyclic amines) is 1. The van der Waals surface area contributed by atoms with Gasteiger partial charge in [-0.2, -0.15) is 5.26 Å². The molecule has 1 aromatic rings. The lowest BCUT2D eigenvalue weighted by atomic mass is 10.1. The Hall–Kier alpha value is -1.97. The van der Waals surface area contributed by atoms with Gasteiger partial charge in [-0.1, -0.05) is 0 Å². The first-order valence-corrected chi connectivity index (χ1v) is 7.85. The SMILES string of the molecule is CC(C(=O)N(CCC#N)c1ccc(F)cc1)N1CCC(CO)C1. The monoisotopic (exact) mass is 319 g/mol. The molecule has 0 spiro atoms. The van der Waals surface area contributed by atoms with E-state index in [0.29, 0.717) is 12.2 Å². The van der Waals surface area contributed by atoms with Crippen LogP contribution < -0.4 is 4.90 Å². The predicted octanol–water partition coefficient (Wildman–Crippen LogP) is 1.78. The van der Waals surface area contributed by atoms with Crippen molar-refractivity contribution >= 4 is 11.6 Å². The molecule has 2 unspecified atom stereocenters. The molecule has 23 heavy (non-hydrogen) atoms. The van der Waals surface area contributed by atoms with Crippen molar-refractivity contribution in [2.75, 3.05) is 31.1 Å². The first kappa shape index (κ1) is 17.4. The van der Waals surface area contributed by atoms with E-state index in [4.69, 9.17) is 5.26 Å². The van der Waals surface area contributed by atoms with Gasteiger partial charge in [0.2, 0.25) is 5.91 Å². The minimum absolute atomic E-state index is 0.106. The minimum atomic E-state index is -0.361. The van der Waals surface area contributed by atoms with Crippen LogP contribution in [0.5, 0.6) is 0 Å². The largest absolute Gasteiger partial charge is 0.396 e. The molecule has 0 radical (unpaired) electrons. The van der Waals surface area contributed by atoms with Crippen LogP contribution >= 0.6 is 0 Å². The van der Waals surface area contributed by atoms with Gasteiger partial charge in [0.1, 0.15) is 5.82 Å². The van der Waals surface area contributed by atoms with Crippen LogP contribution in [-0.2, 0) is 4.79 Å². The van der Waals surface area contributed by atoms with Gasteiger partial charge in [-0.05, 0) is 50.1 Å². The second-order valence-electron chi connectivity index (χ2n) is 5.88. The number of aliphatic hydroxyl groups is 1. The lowest BCUT2D eigenvalue weighted by Crippen LogP contribution is -2.47. The summed E-state index contributed by atoms with van der Waals surface area (Å²) in [6.07, 6.45) is 1.10. The van der Waals surface area contributed by atoms with Crippen LogP contribution in [0.4, 0.5) is 10.1 Å². The zero-order chi connectivity index (χ0) is 16.8. The minimum Gasteiger partial charge on any atom is -0.396 e. The Balaban J connectivity index is 2.13. The number of rotatable bonds is 6. The maximum Gasteiger partial charge on any atom is 0.244 e. The van der Waals surface area contributed by atoms with Crippen molar-refractivity contribution < 1.29 is 14.3 Å². The Morgan fingerprint density at radius 2 is 2.22 bits per heavy atom. The number of amides is 1. The highest BCUT2D eigenvalue weighted by molar-refractivity contribution is 5.97. The lowest BCUT2D eigenvalue weighted by molar-refractivity contribution is -0.123. The van der Waals surface area contributed by atoms with E-state index in [2.05, 4.69) is 0 Å². The van der Waals surface area contributed by atoms with E-state index < -0.39 is 0 Å². The quantitative estimate of drug-likeness (QED) is 0.868. The Labute approximate surface area is 135 Å². The van der Waals surface area contributed by atoms with Crippen LogP contribution in [-0.4, -0.2) is 48.2 Å². The first-order chi connectivity index (χ1) is 11.1. The summed E-state index contributed by atoms with van der Waals surface area (Å²) in [6, 6.07) is 7.43. The maximum atomic E-state index is 13.1. The molecule has 1 amide bonds. The smallest absolute Gasteiger partial charge is 0.244 e. The molecule has 5 nitrogen and oxygen atoms in total. The number of hydrogen-bond acceptors (Lipinski definition) is 4. The van der Waals surface area contributed by atoms with Crippen LogP contribution in [0.3, 0.4) is 0 Å². The molecule has 0 saturated carbocycles. The average Bonchev–Trinajstić information content (AvgIpc) is 3.05. The van der Waals surface area contributed by atoms with Crippen LogP contribution in [0.25, 0.3) is 0 Å². The topological polar surface area (TPSA) is 67.6 Å². The summed E-state index contributed by atoms with van der Waals surface area (Å²) >= 11 is 0. The van der Waals surface area contributed by atoms with Crippen LogP contribution in [0.1, 0.15) is 19.8 Å². The zero-order valence-electron chi connectivity index (χ0n) is 13.3. The standard InChI is InChI=1S/C17H22FN3O2/c1-13(20-10-7-14(11-20)12-22)17(23)21(9-2-8-19)16-5-3-15(18)4-6-16/h3-6,13-14,22H,2,7,9-12H2,1H3. The average molecular weight is 319 g/mol. The molecule has 1 fully saturated rings. The summed E-state index contributed by atoms with van der Waals surface area (Å²) < 4.78 is 13.1. The highest BCUT2D eigenvalue weighted by Gasteiger charge is 2.31. The fraction of sp³-hybridized carbons (Fsp3) is 0.529. The van der Waals surface area contributed by atoms with Crippen LogP contribution in [0, 0.1) is 23.1 Å². The molecular weight excluding hydrogens is 297 g/mol. The Morgan fingerprint density at radius 1 is 1.52 bits per heavy atom. The van der Waals surface area contributed by atoms with Crippen molar-refractivity contribution in [2.45, 2.75) is 25.8 Å². The Kier molecular flexibility index (Phi) is 6.08. The van der Waals surface area contributed by atoms with E-state index in [-0.39, 0.29) is 43.3 Å². The number of anilines is 1. The van der Waals surface area contributed by atoms with E-state index in [9.17, 15) is 14.3 Å². The van der Waals surface area contributed by atoms with E-state index in [1.54, 1.807) is 17.0 Å². The Bertz CT molecular complexity index is 570. The number of carbonyl (C=O) groups is 1. The first-order valence-electron chi connectivity index (χ1n) is 7.85. The molecule has 124 valence electrons. The van der Waals surface area contributed by atoms with Crippen molar-refractivity contribution in [1.82, 2.24) is 4.90 Å². The second kappa shape index (κ2) is 8.04. The zero-order valence-corrected chi connectivity index (χ0v) is 13.3. The normalized spacial score (nSPS) is 19.3. The van der Waals surface area contributed by atoms with E-state index in [1.165, 1.54) is 12.1 Å². The van der Waals surface area contributed by atoms with E-state index in [1.807, 2.05) is 17.9 Å². The summed E-state index contributed by atoms with van der Waals surface area (Å²) in [5.41, 5.74) is 0.594. The van der Waals surface area contributed by atoms with Gasteiger partial charge in [0.15, 0.2) is 0 Å². The summed E-state index contributed by atoms with van der Waals surface area (Å²) in [5.74, 6) is -0.256. The number of nitrogens with zero attached hydrogens (tertiary/aromatic N) is 3. The maximum absolute atomic E-state index is 13.1.